The van der Waals surface area contributed by atoms with Crippen LogP contribution in [0.4, 0.5) is 5.13 Å². The van der Waals surface area contributed by atoms with E-state index in [1.807, 2.05) is 13.0 Å². The van der Waals surface area contributed by atoms with Crippen LogP contribution in [0.2, 0.25) is 0 Å². The third kappa shape index (κ3) is 1.76. The fourth-order valence-electron chi connectivity index (χ4n) is 2.12. The smallest absolute Gasteiger partial charge is 0.374 e. The number of esters is 1. The average Bonchev–Trinajstić information content (AvgIpc) is 2.89. The maximum atomic E-state index is 11.8. The summed E-state index contributed by atoms with van der Waals surface area (Å²) in [4.78, 5) is 16.1. The standard InChI is InChI=1S/C13H12N2O3S/c1-3-17-12(16)10-6(2)9-8(18-10)5-4-7-11(9)19-13(14)15-7/h4-5H,3H2,1-2H3,(H2,14,15). The van der Waals surface area contributed by atoms with Gasteiger partial charge in [0, 0.05) is 10.9 Å². The lowest BCUT2D eigenvalue weighted by atomic mass is 10.1. The third-order valence-electron chi connectivity index (χ3n) is 2.92. The first-order chi connectivity index (χ1) is 9.11. The highest BCUT2D eigenvalue weighted by atomic mass is 32.1. The molecule has 0 saturated carbocycles. The molecule has 0 unspecified atom stereocenters. The van der Waals surface area contributed by atoms with Crippen molar-refractivity contribution in [2.24, 2.45) is 0 Å². The van der Waals surface area contributed by atoms with Gasteiger partial charge in [0.1, 0.15) is 5.58 Å². The summed E-state index contributed by atoms with van der Waals surface area (Å²) >= 11 is 1.39. The molecule has 0 aliphatic carbocycles. The quantitative estimate of drug-likeness (QED) is 0.727. The van der Waals surface area contributed by atoms with Crippen molar-refractivity contribution < 1.29 is 13.9 Å². The summed E-state index contributed by atoms with van der Waals surface area (Å²) in [5.41, 5.74) is 7.96. The van der Waals surface area contributed by atoms with E-state index in [-0.39, 0.29) is 5.76 Å². The van der Waals surface area contributed by atoms with Gasteiger partial charge in [0.15, 0.2) is 5.13 Å². The number of furan rings is 1. The van der Waals surface area contributed by atoms with E-state index in [2.05, 4.69) is 4.98 Å². The molecule has 0 bridgehead atoms. The van der Waals surface area contributed by atoms with E-state index in [1.165, 1.54) is 11.3 Å². The van der Waals surface area contributed by atoms with E-state index < -0.39 is 5.97 Å². The van der Waals surface area contributed by atoms with Crippen molar-refractivity contribution in [3.05, 3.63) is 23.5 Å². The molecule has 0 aliphatic heterocycles. The Balaban J connectivity index is 2.31. The van der Waals surface area contributed by atoms with Crippen LogP contribution in [-0.4, -0.2) is 17.6 Å². The molecule has 0 spiro atoms. The topological polar surface area (TPSA) is 78.3 Å². The van der Waals surface area contributed by atoms with Crippen molar-refractivity contribution >= 4 is 43.6 Å². The van der Waals surface area contributed by atoms with Gasteiger partial charge in [0.05, 0.1) is 16.8 Å². The Labute approximate surface area is 113 Å². The SMILES string of the molecule is CCOC(=O)c1oc2ccc3nc(N)sc3c2c1C. The number of fused-ring (bicyclic) bond motifs is 3. The van der Waals surface area contributed by atoms with Gasteiger partial charge in [0.2, 0.25) is 5.76 Å². The zero-order chi connectivity index (χ0) is 13.6. The van der Waals surface area contributed by atoms with Crippen molar-refractivity contribution in [2.45, 2.75) is 13.8 Å². The first-order valence-corrected chi connectivity index (χ1v) is 6.68. The number of nitrogen functional groups attached to an aromatic ring is 1. The van der Waals surface area contributed by atoms with Gasteiger partial charge < -0.3 is 14.9 Å². The minimum Gasteiger partial charge on any atom is -0.460 e. The van der Waals surface area contributed by atoms with Crippen LogP contribution in [0.25, 0.3) is 21.2 Å². The molecule has 98 valence electrons. The van der Waals surface area contributed by atoms with Gasteiger partial charge in [-0.2, -0.15) is 0 Å². The van der Waals surface area contributed by atoms with Gasteiger partial charge in [-0.1, -0.05) is 11.3 Å². The number of nitrogens with zero attached hydrogens (tertiary/aromatic N) is 1. The molecule has 3 rings (SSSR count). The van der Waals surface area contributed by atoms with Crippen molar-refractivity contribution in [2.75, 3.05) is 12.3 Å². The number of thiazole rings is 1. The minimum absolute atomic E-state index is 0.247. The van der Waals surface area contributed by atoms with Crippen LogP contribution in [0, 0.1) is 6.92 Å². The Kier molecular flexibility index (Phi) is 2.67. The molecule has 6 heteroatoms. The molecule has 19 heavy (non-hydrogen) atoms. The number of anilines is 1. The summed E-state index contributed by atoms with van der Waals surface area (Å²) in [5, 5.41) is 1.38. The zero-order valence-corrected chi connectivity index (χ0v) is 11.3. The van der Waals surface area contributed by atoms with Crippen molar-refractivity contribution in [1.82, 2.24) is 4.98 Å². The van der Waals surface area contributed by atoms with E-state index in [9.17, 15) is 4.79 Å². The Hall–Kier alpha value is -2.08. The third-order valence-corrected chi connectivity index (χ3v) is 3.84. The molecule has 0 amide bonds. The number of aromatic nitrogens is 1. The molecule has 2 heterocycles. The number of hydrogen-bond acceptors (Lipinski definition) is 6. The largest absolute Gasteiger partial charge is 0.460 e. The van der Waals surface area contributed by atoms with Crippen LogP contribution >= 0.6 is 11.3 Å². The van der Waals surface area contributed by atoms with Gasteiger partial charge in [-0.05, 0) is 26.0 Å². The highest BCUT2D eigenvalue weighted by Gasteiger charge is 2.21. The molecule has 5 nitrogen and oxygen atoms in total. The molecular weight excluding hydrogens is 264 g/mol. The number of rotatable bonds is 2. The number of benzene rings is 1. The van der Waals surface area contributed by atoms with Crippen LogP contribution in [0.15, 0.2) is 16.5 Å². The fourth-order valence-corrected chi connectivity index (χ4v) is 3.05. The molecule has 0 saturated heterocycles. The van der Waals surface area contributed by atoms with Crippen molar-refractivity contribution in [1.29, 1.82) is 0 Å². The minimum atomic E-state index is -0.443. The van der Waals surface area contributed by atoms with Gasteiger partial charge in [-0.3, -0.25) is 0 Å². The lowest BCUT2D eigenvalue weighted by Gasteiger charge is -1.98. The summed E-state index contributed by atoms with van der Waals surface area (Å²) in [6.07, 6.45) is 0. The van der Waals surface area contributed by atoms with E-state index in [0.717, 1.165) is 21.2 Å². The predicted octanol–water partition coefficient (Wildman–Crippen LogP) is 3.11. The fraction of sp³-hybridized carbons (Fsp3) is 0.231. The lowest BCUT2D eigenvalue weighted by Crippen LogP contribution is -2.04. The number of nitrogens with two attached hydrogens (primary N) is 1. The summed E-state index contributed by atoms with van der Waals surface area (Å²) in [7, 11) is 0. The molecule has 0 atom stereocenters. The molecule has 3 aromatic rings. The second-order valence-electron chi connectivity index (χ2n) is 4.12. The number of aryl methyl sites for hydroxylation is 1. The predicted molar refractivity (Wildman–Crippen MR) is 74.5 cm³/mol. The summed E-state index contributed by atoms with van der Waals surface area (Å²) in [5.74, 6) is -0.196. The van der Waals surface area contributed by atoms with Crippen LogP contribution in [0.5, 0.6) is 0 Å². The molecule has 2 N–H and O–H groups in total. The van der Waals surface area contributed by atoms with Crippen molar-refractivity contribution in [3.8, 4) is 0 Å². The van der Waals surface area contributed by atoms with E-state index in [4.69, 9.17) is 14.9 Å². The first-order valence-electron chi connectivity index (χ1n) is 5.87. The molecule has 0 aliphatic rings. The van der Waals surface area contributed by atoms with E-state index in [1.54, 1.807) is 13.0 Å². The average molecular weight is 276 g/mol. The second-order valence-corrected chi connectivity index (χ2v) is 5.15. The van der Waals surface area contributed by atoms with Crippen molar-refractivity contribution in [3.63, 3.8) is 0 Å². The van der Waals surface area contributed by atoms with Gasteiger partial charge in [-0.25, -0.2) is 9.78 Å². The Morgan fingerprint density at radius 1 is 1.53 bits per heavy atom. The van der Waals surface area contributed by atoms with E-state index >= 15 is 0 Å². The summed E-state index contributed by atoms with van der Waals surface area (Å²) in [6, 6.07) is 3.63. The number of ether oxygens (including phenoxy) is 1. The van der Waals surface area contributed by atoms with E-state index in [0.29, 0.717) is 17.3 Å². The van der Waals surface area contributed by atoms with Gasteiger partial charge in [-0.15, -0.1) is 0 Å². The second kappa shape index (κ2) is 4.24. The molecule has 2 aromatic heterocycles. The Morgan fingerprint density at radius 2 is 2.32 bits per heavy atom. The Morgan fingerprint density at radius 3 is 3.05 bits per heavy atom. The normalized spacial score (nSPS) is 11.3. The van der Waals surface area contributed by atoms with Crippen LogP contribution < -0.4 is 5.73 Å². The monoisotopic (exact) mass is 276 g/mol. The van der Waals surface area contributed by atoms with Gasteiger partial charge in [0.25, 0.3) is 0 Å². The zero-order valence-electron chi connectivity index (χ0n) is 10.5. The number of carbonyl (C=O) groups excluding carboxylic acids is 1. The molecule has 0 fully saturated rings. The summed E-state index contributed by atoms with van der Waals surface area (Å²) < 4.78 is 11.5. The highest BCUT2D eigenvalue weighted by molar-refractivity contribution is 7.23. The Bertz CT molecular complexity index is 788. The molecule has 0 radical (unpaired) electrons. The number of carbonyl (C=O) groups is 1. The number of hydrogen-bond donors (Lipinski definition) is 1. The first kappa shape index (κ1) is 12.0. The van der Waals surface area contributed by atoms with Crippen LogP contribution in [-0.2, 0) is 4.74 Å². The lowest BCUT2D eigenvalue weighted by molar-refractivity contribution is 0.0491. The maximum absolute atomic E-state index is 11.8. The molecular formula is C13H12N2O3S. The van der Waals surface area contributed by atoms with Crippen LogP contribution in [0.1, 0.15) is 23.0 Å². The van der Waals surface area contributed by atoms with Gasteiger partial charge >= 0.3 is 5.97 Å². The molecule has 1 aromatic carbocycles. The summed E-state index contributed by atoms with van der Waals surface area (Å²) in [6.45, 7) is 3.92. The maximum Gasteiger partial charge on any atom is 0.374 e. The van der Waals surface area contributed by atoms with Crippen LogP contribution in [0.3, 0.4) is 0 Å². The highest BCUT2D eigenvalue weighted by Crippen LogP contribution is 2.36.